The predicted molar refractivity (Wildman–Crippen MR) is 73.0 cm³/mol. The zero-order valence-electron chi connectivity index (χ0n) is 10.2. The van der Waals surface area contributed by atoms with Crippen molar-refractivity contribution < 1.29 is 4.74 Å². The largest absolute Gasteiger partial charge is 0.374 e. The molecule has 0 radical (unpaired) electrons. The number of halogens is 1. The van der Waals surface area contributed by atoms with Crippen LogP contribution in [0.25, 0.3) is 0 Å². The van der Waals surface area contributed by atoms with Gasteiger partial charge in [0.15, 0.2) is 0 Å². The van der Waals surface area contributed by atoms with Gasteiger partial charge in [-0.3, -0.25) is 4.90 Å². The molecule has 1 heterocycles. The summed E-state index contributed by atoms with van der Waals surface area (Å²) in [7, 11) is 0. The maximum Gasteiger partial charge on any atom is 0.0824 e. The highest BCUT2D eigenvalue weighted by atomic mass is 79.9. The van der Waals surface area contributed by atoms with Gasteiger partial charge in [0, 0.05) is 30.7 Å². The van der Waals surface area contributed by atoms with Gasteiger partial charge in [0.05, 0.1) is 12.7 Å². The van der Waals surface area contributed by atoms with Crippen LogP contribution in [0.5, 0.6) is 0 Å². The van der Waals surface area contributed by atoms with Crippen LogP contribution in [0, 0.1) is 6.92 Å². The number of nitrogens with zero attached hydrogens (tertiary/aromatic N) is 1. The van der Waals surface area contributed by atoms with Gasteiger partial charge in [-0.15, -0.1) is 0 Å². The van der Waals surface area contributed by atoms with E-state index >= 15 is 0 Å². The van der Waals surface area contributed by atoms with E-state index in [1.807, 2.05) is 0 Å². The second-order valence-corrected chi connectivity index (χ2v) is 5.40. The van der Waals surface area contributed by atoms with Crippen LogP contribution in [0.3, 0.4) is 0 Å². The predicted octanol–water partition coefficient (Wildman–Crippen LogP) is 1.92. The molecule has 0 bridgehead atoms. The first-order valence-corrected chi connectivity index (χ1v) is 6.77. The molecule has 2 N–H and O–H groups in total. The number of rotatable bonds is 3. The van der Waals surface area contributed by atoms with E-state index in [-0.39, 0.29) is 6.10 Å². The molecule has 1 saturated heterocycles. The average molecular weight is 299 g/mol. The summed E-state index contributed by atoms with van der Waals surface area (Å²) in [5.74, 6) is 0. The molecule has 4 heteroatoms. The third-order valence-corrected chi connectivity index (χ3v) is 4.00. The van der Waals surface area contributed by atoms with E-state index in [0.717, 1.165) is 26.2 Å². The van der Waals surface area contributed by atoms with Crippen LogP contribution in [0.1, 0.15) is 11.1 Å². The minimum Gasteiger partial charge on any atom is -0.374 e. The molecule has 1 aromatic rings. The number of hydrogen-bond donors (Lipinski definition) is 1. The number of ether oxygens (including phenoxy) is 1. The lowest BCUT2D eigenvalue weighted by Gasteiger charge is -2.32. The molecule has 1 aromatic carbocycles. The molecule has 1 unspecified atom stereocenters. The van der Waals surface area contributed by atoms with Crippen molar-refractivity contribution in [2.24, 2.45) is 5.73 Å². The van der Waals surface area contributed by atoms with E-state index in [0.29, 0.717) is 6.54 Å². The molecular weight excluding hydrogens is 280 g/mol. The Morgan fingerprint density at radius 3 is 3.06 bits per heavy atom. The number of nitrogens with two attached hydrogens (primary N) is 1. The topological polar surface area (TPSA) is 38.5 Å². The fraction of sp³-hybridized carbons (Fsp3) is 0.538. The molecule has 1 atom stereocenters. The molecule has 0 saturated carbocycles. The van der Waals surface area contributed by atoms with E-state index in [1.54, 1.807) is 0 Å². The second kappa shape index (κ2) is 5.96. The van der Waals surface area contributed by atoms with Gasteiger partial charge >= 0.3 is 0 Å². The zero-order chi connectivity index (χ0) is 12.3. The highest BCUT2D eigenvalue weighted by Gasteiger charge is 2.19. The summed E-state index contributed by atoms with van der Waals surface area (Å²) in [4.78, 5) is 2.41. The molecule has 0 amide bonds. The van der Waals surface area contributed by atoms with Crippen LogP contribution in [-0.4, -0.2) is 37.2 Å². The summed E-state index contributed by atoms with van der Waals surface area (Å²) < 4.78 is 6.73. The van der Waals surface area contributed by atoms with Crippen molar-refractivity contribution in [3.05, 3.63) is 33.8 Å². The van der Waals surface area contributed by atoms with Crippen molar-refractivity contribution in [1.82, 2.24) is 4.90 Å². The average Bonchev–Trinajstić information content (AvgIpc) is 2.34. The van der Waals surface area contributed by atoms with Crippen LogP contribution < -0.4 is 5.73 Å². The molecule has 1 fully saturated rings. The van der Waals surface area contributed by atoms with Crippen LogP contribution >= 0.6 is 15.9 Å². The highest BCUT2D eigenvalue weighted by Crippen LogP contribution is 2.18. The zero-order valence-corrected chi connectivity index (χ0v) is 11.7. The molecule has 0 spiro atoms. The Morgan fingerprint density at radius 2 is 2.35 bits per heavy atom. The summed E-state index contributed by atoms with van der Waals surface area (Å²) in [5.41, 5.74) is 8.28. The monoisotopic (exact) mass is 298 g/mol. The van der Waals surface area contributed by atoms with Crippen molar-refractivity contribution >= 4 is 15.9 Å². The molecule has 0 aliphatic carbocycles. The molecule has 94 valence electrons. The van der Waals surface area contributed by atoms with Gasteiger partial charge in [0.2, 0.25) is 0 Å². The third kappa shape index (κ3) is 3.52. The summed E-state index contributed by atoms with van der Waals surface area (Å²) in [6, 6.07) is 6.52. The van der Waals surface area contributed by atoms with Crippen molar-refractivity contribution in [2.45, 2.75) is 19.6 Å². The number of aryl methyl sites for hydroxylation is 1. The maximum absolute atomic E-state index is 5.64. The standard InChI is InChI=1S/C13H19BrN2O/c1-10-6-11(2-3-13(10)14)8-16-4-5-17-12(7-15)9-16/h2-3,6,12H,4-5,7-9,15H2,1H3. The molecule has 1 aliphatic rings. The second-order valence-electron chi connectivity index (χ2n) is 4.55. The quantitative estimate of drug-likeness (QED) is 0.926. The number of benzene rings is 1. The van der Waals surface area contributed by atoms with E-state index in [1.165, 1.54) is 15.6 Å². The lowest BCUT2D eigenvalue weighted by molar-refractivity contribution is -0.0260. The van der Waals surface area contributed by atoms with Gasteiger partial charge in [-0.25, -0.2) is 0 Å². The first kappa shape index (κ1) is 13.0. The van der Waals surface area contributed by atoms with E-state index < -0.39 is 0 Å². The number of morpholine rings is 1. The Labute approximate surface area is 111 Å². The van der Waals surface area contributed by atoms with E-state index in [2.05, 4.69) is 46.0 Å². The summed E-state index contributed by atoms with van der Waals surface area (Å²) in [5, 5.41) is 0. The fourth-order valence-electron chi connectivity index (χ4n) is 2.13. The minimum absolute atomic E-state index is 0.195. The Kier molecular flexibility index (Phi) is 4.56. The molecule has 3 nitrogen and oxygen atoms in total. The van der Waals surface area contributed by atoms with Gasteiger partial charge in [-0.2, -0.15) is 0 Å². The first-order valence-electron chi connectivity index (χ1n) is 5.98. The van der Waals surface area contributed by atoms with Crippen molar-refractivity contribution in [2.75, 3.05) is 26.2 Å². The lowest BCUT2D eigenvalue weighted by Crippen LogP contribution is -2.45. The number of hydrogen-bond acceptors (Lipinski definition) is 3. The maximum atomic E-state index is 5.64. The van der Waals surface area contributed by atoms with Crippen molar-refractivity contribution in [3.63, 3.8) is 0 Å². The third-order valence-electron chi connectivity index (χ3n) is 3.11. The molecular formula is C13H19BrN2O. The molecule has 17 heavy (non-hydrogen) atoms. The smallest absolute Gasteiger partial charge is 0.0824 e. The van der Waals surface area contributed by atoms with E-state index in [4.69, 9.17) is 10.5 Å². The Morgan fingerprint density at radius 1 is 1.53 bits per heavy atom. The highest BCUT2D eigenvalue weighted by molar-refractivity contribution is 9.10. The van der Waals surface area contributed by atoms with Crippen LogP contribution in [0.2, 0.25) is 0 Å². The van der Waals surface area contributed by atoms with Gasteiger partial charge in [0.25, 0.3) is 0 Å². The first-order chi connectivity index (χ1) is 8.19. The summed E-state index contributed by atoms with van der Waals surface area (Å²) in [6.45, 7) is 6.42. The van der Waals surface area contributed by atoms with Gasteiger partial charge in [-0.1, -0.05) is 28.1 Å². The van der Waals surface area contributed by atoms with Gasteiger partial charge < -0.3 is 10.5 Å². The Bertz CT molecular complexity index is 384. The van der Waals surface area contributed by atoms with Gasteiger partial charge in [0.1, 0.15) is 0 Å². The fourth-order valence-corrected chi connectivity index (χ4v) is 2.38. The summed E-state index contributed by atoms with van der Waals surface area (Å²) in [6.07, 6.45) is 0.195. The lowest BCUT2D eigenvalue weighted by atomic mass is 10.1. The normalized spacial score (nSPS) is 21.7. The van der Waals surface area contributed by atoms with E-state index in [9.17, 15) is 0 Å². The van der Waals surface area contributed by atoms with Crippen LogP contribution in [-0.2, 0) is 11.3 Å². The van der Waals surface area contributed by atoms with Gasteiger partial charge in [-0.05, 0) is 24.1 Å². The van der Waals surface area contributed by atoms with Crippen molar-refractivity contribution in [1.29, 1.82) is 0 Å². The molecule has 0 aromatic heterocycles. The van der Waals surface area contributed by atoms with Crippen LogP contribution in [0.15, 0.2) is 22.7 Å². The Hall–Kier alpha value is -0.420. The molecule has 2 rings (SSSR count). The minimum atomic E-state index is 0.195. The molecule has 1 aliphatic heterocycles. The van der Waals surface area contributed by atoms with Crippen molar-refractivity contribution in [3.8, 4) is 0 Å². The SMILES string of the molecule is Cc1cc(CN2CCOC(CN)C2)ccc1Br. The Balaban J connectivity index is 1.97. The summed E-state index contributed by atoms with van der Waals surface area (Å²) >= 11 is 3.53. The van der Waals surface area contributed by atoms with Crippen LogP contribution in [0.4, 0.5) is 0 Å².